The van der Waals surface area contributed by atoms with Crippen LogP contribution in [0.5, 0.6) is 11.5 Å². The molecule has 0 saturated heterocycles. The van der Waals surface area contributed by atoms with Gasteiger partial charge in [0, 0.05) is 24.9 Å². The van der Waals surface area contributed by atoms with Crippen LogP contribution in [0.3, 0.4) is 0 Å². The summed E-state index contributed by atoms with van der Waals surface area (Å²) in [5.74, 6) is 1.67. The molecular formula is C23H24N2O3. The van der Waals surface area contributed by atoms with Crippen LogP contribution in [0.25, 0.3) is 0 Å². The lowest BCUT2D eigenvalue weighted by Crippen LogP contribution is -2.26. The minimum atomic E-state index is -0.115. The number of nitrogens with one attached hydrogen (secondary N) is 1. The average molecular weight is 376 g/mol. The second-order valence-corrected chi connectivity index (χ2v) is 6.39. The molecule has 3 rings (SSSR count). The number of hydrogen-bond acceptors (Lipinski definition) is 4. The van der Waals surface area contributed by atoms with Crippen molar-refractivity contribution >= 4 is 5.91 Å². The van der Waals surface area contributed by atoms with Gasteiger partial charge in [0.25, 0.3) is 5.91 Å². The zero-order valence-electron chi connectivity index (χ0n) is 16.1. The Balaban J connectivity index is 1.74. The van der Waals surface area contributed by atoms with Crippen molar-refractivity contribution < 1.29 is 14.3 Å². The SMILES string of the molecule is COc1ccc(C(CCNC(=O)c2cccnc2)c2ccc(OC)cc2)cc1. The monoisotopic (exact) mass is 376 g/mol. The molecule has 0 spiro atoms. The van der Waals surface area contributed by atoms with Gasteiger partial charge in [-0.3, -0.25) is 9.78 Å². The first-order chi connectivity index (χ1) is 13.7. The van der Waals surface area contributed by atoms with E-state index in [1.165, 1.54) is 11.1 Å². The Morgan fingerprint density at radius 3 is 1.96 bits per heavy atom. The number of methoxy groups -OCH3 is 2. The molecule has 0 bridgehead atoms. The first kappa shape index (κ1) is 19.4. The van der Waals surface area contributed by atoms with Gasteiger partial charge in [-0.15, -0.1) is 0 Å². The van der Waals surface area contributed by atoms with Crippen molar-refractivity contribution in [1.82, 2.24) is 10.3 Å². The summed E-state index contributed by atoms with van der Waals surface area (Å²) in [6.07, 6.45) is 3.99. The van der Waals surface area contributed by atoms with Gasteiger partial charge in [0.05, 0.1) is 19.8 Å². The number of rotatable bonds is 8. The fourth-order valence-electron chi connectivity index (χ4n) is 3.13. The van der Waals surface area contributed by atoms with Crippen molar-refractivity contribution in [2.75, 3.05) is 20.8 Å². The Bertz CT molecular complexity index is 830. The highest BCUT2D eigenvalue weighted by atomic mass is 16.5. The highest BCUT2D eigenvalue weighted by Crippen LogP contribution is 2.30. The predicted octanol–water partition coefficient (Wildman–Crippen LogP) is 4.05. The zero-order valence-corrected chi connectivity index (χ0v) is 16.1. The largest absolute Gasteiger partial charge is 0.497 e. The molecule has 0 aliphatic heterocycles. The molecule has 28 heavy (non-hydrogen) atoms. The van der Waals surface area contributed by atoms with E-state index >= 15 is 0 Å². The minimum Gasteiger partial charge on any atom is -0.497 e. The summed E-state index contributed by atoms with van der Waals surface area (Å²) in [6.45, 7) is 0.552. The number of benzene rings is 2. The van der Waals surface area contributed by atoms with Gasteiger partial charge in [-0.05, 0) is 53.9 Å². The van der Waals surface area contributed by atoms with Gasteiger partial charge in [-0.25, -0.2) is 0 Å². The second-order valence-electron chi connectivity index (χ2n) is 6.39. The molecule has 0 aliphatic rings. The van der Waals surface area contributed by atoms with Crippen LogP contribution in [-0.2, 0) is 0 Å². The van der Waals surface area contributed by atoms with Crippen molar-refractivity contribution in [3.63, 3.8) is 0 Å². The lowest BCUT2D eigenvalue weighted by atomic mass is 9.88. The molecular weight excluding hydrogens is 352 g/mol. The molecule has 5 heteroatoms. The van der Waals surface area contributed by atoms with Crippen LogP contribution in [0, 0.1) is 0 Å². The summed E-state index contributed by atoms with van der Waals surface area (Å²) in [4.78, 5) is 16.3. The summed E-state index contributed by atoms with van der Waals surface area (Å²) in [6, 6.07) is 19.6. The molecule has 0 unspecified atom stereocenters. The quantitative estimate of drug-likeness (QED) is 0.644. The first-order valence-electron chi connectivity index (χ1n) is 9.17. The van der Waals surface area contributed by atoms with Crippen LogP contribution in [0.4, 0.5) is 0 Å². The maximum Gasteiger partial charge on any atom is 0.252 e. The number of amides is 1. The van der Waals surface area contributed by atoms with Crippen LogP contribution >= 0.6 is 0 Å². The van der Waals surface area contributed by atoms with Crippen LogP contribution < -0.4 is 14.8 Å². The molecule has 2 aromatic carbocycles. The fourth-order valence-corrected chi connectivity index (χ4v) is 3.13. The fraction of sp³-hybridized carbons (Fsp3) is 0.217. The van der Waals surface area contributed by atoms with E-state index in [4.69, 9.17) is 9.47 Å². The standard InChI is InChI=1S/C23H24N2O3/c1-27-20-9-5-17(6-10-20)22(18-7-11-21(28-2)12-8-18)13-15-25-23(26)19-4-3-14-24-16-19/h3-12,14,16,22H,13,15H2,1-2H3,(H,25,26). The third-order valence-electron chi connectivity index (χ3n) is 4.68. The molecule has 144 valence electrons. The van der Waals surface area contributed by atoms with Gasteiger partial charge in [-0.1, -0.05) is 24.3 Å². The molecule has 0 radical (unpaired) electrons. The van der Waals surface area contributed by atoms with E-state index in [1.54, 1.807) is 38.7 Å². The molecule has 0 aliphatic carbocycles. The van der Waals surface area contributed by atoms with Crippen molar-refractivity contribution in [3.8, 4) is 11.5 Å². The van der Waals surface area contributed by atoms with E-state index in [9.17, 15) is 4.79 Å². The van der Waals surface area contributed by atoms with Crippen LogP contribution in [0.15, 0.2) is 73.1 Å². The number of ether oxygens (including phenoxy) is 2. The number of pyridine rings is 1. The Hall–Kier alpha value is -3.34. The number of nitrogens with zero attached hydrogens (tertiary/aromatic N) is 1. The van der Waals surface area contributed by atoms with Crippen molar-refractivity contribution in [2.45, 2.75) is 12.3 Å². The van der Waals surface area contributed by atoms with E-state index in [0.29, 0.717) is 12.1 Å². The second kappa shape index (κ2) is 9.55. The number of aromatic nitrogens is 1. The lowest BCUT2D eigenvalue weighted by molar-refractivity contribution is 0.0952. The van der Waals surface area contributed by atoms with Crippen molar-refractivity contribution in [2.24, 2.45) is 0 Å². The van der Waals surface area contributed by atoms with Crippen LogP contribution in [0.1, 0.15) is 33.8 Å². The lowest BCUT2D eigenvalue weighted by Gasteiger charge is -2.19. The number of carbonyl (C=O) groups is 1. The Labute approximate surface area is 165 Å². The molecule has 0 saturated carbocycles. The minimum absolute atomic E-state index is 0.115. The Morgan fingerprint density at radius 2 is 1.50 bits per heavy atom. The maximum atomic E-state index is 12.3. The van der Waals surface area contributed by atoms with E-state index in [-0.39, 0.29) is 11.8 Å². The molecule has 3 aromatic rings. The molecule has 1 N–H and O–H groups in total. The van der Waals surface area contributed by atoms with Gasteiger partial charge < -0.3 is 14.8 Å². The van der Waals surface area contributed by atoms with Gasteiger partial charge in [0.2, 0.25) is 0 Å². The summed E-state index contributed by atoms with van der Waals surface area (Å²) in [5, 5.41) is 2.99. The van der Waals surface area contributed by atoms with Gasteiger partial charge in [-0.2, -0.15) is 0 Å². The van der Waals surface area contributed by atoms with Gasteiger partial charge in [0.15, 0.2) is 0 Å². The molecule has 1 aromatic heterocycles. The Kier molecular flexibility index (Phi) is 6.63. The number of hydrogen-bond donors (Lipinski definition) is 1. The average Bonchev–Trinajstić information content (AvgIpc) is 2.77. The van der Waals surface area contributed by atoms with E-state index in [0.717, 1.165) is 17.9 Å². The zero-order chi connectivity index (χ0) is 19.8. The van der Waals surface area contributed by atoms with Gasteiger partial charge >= 0.3 is 0 Å². The third kappa shape index (κ3) is 4.88. The Morgan fingerprint density at radius 1 is 0.929 bits per heavy atom. The summed E-state index contributed by atoms with van der Waals surface area (Å²) in [5.41, 5.74) is 2.90. The molecule has 1 amide bonds. The summed E-state index contributed by atoms with van der Waals surface area (Å²) in [7, 11) is 3.31. The third-order valence-corrected chi connectivity index (χ3v) is 4.68. The summed E-state index contributed by atoms with van der Waals surface area (Å²) >= 11 is 0. The molecule has 5 nitrogen and oxygen atoms in total. The molecule has 0 atom stereocenters. The van der Waals surface area contributed by atoms with Crippen LogP contribution in [0.2, 0.25) is 0 Å². The summed E-state index contributed by atoms with van der Waals surface area (Å²) < 4.78 is 10.5. The van der Waals surface area contributed by atoms with Crippen molar-refractivity contribution in [3.05, 3.63) is 89.7 Å². The normalized spacial score (nSPS) is 10.5. The van der Waals surface area contributed by atoms with E-state index in [2.05, 4.69) is 34.6 Å². The van der Waals surface area contributed by atoms with E-state index < -0.39 is 0 Å². The van der Waals surface area contributed by atoms with Crippen molar-refractivity contribution in [1.29, 1.82) is 0 Å². The maximum absolute atomic E-state index is 12.3. The number of carbonyl (C=O) groups excluding carboxylic acids is 1. The van der Waals surface area contributed by atoms with E-state index in [1.807, 2.05) is 24.3 Å². The highest BCUT2D eigenvalue weighted by Gasteiger charge is 2.15. The topological polar surface area (TPSA) is 60.5 Å². The van der Waals surface area contributed by atoms with Gasteiger partial charge in [0.1, 0.15) is 11.5 Å². The van der Waals surface area contributed by atoms with Crippen LogP contribution in [-0.4, -0.2) is 31.7 Å². The molecule has 1 heterocycles. The highest BCUT2D eigenvalue weighted by molar-refractivity contribution is 5.93. The molecule has 0 fully saturated rings. The smallest absolute Gasteiger partial charge is 0.252 e. The first-order valence-corrected chi connectivity index (χ1v) is 9.17. The predicted molar refractivity (Wildman–Crippen MR) is 109 cm³/mol.